The molecular formula is C48H27N3S2. The van der Waals surface area contributed by atoms with Crippen LogP contribution in [0, 0.1) is 0 Å². The predicted molar refractivity (Wildman–Crippen MR) is 228 cm³/mol. The van der Waals surface area contributed by atoms with Gasteiger partial charge in [-0.1, -0.05) is 109 Å². The van der Waals surface area contributed by atoms with Crippen LogP contribution in [0.1, 0.15) is 0 Å². The van der Waals surface area contributed by atoms with E-state index in [0.29, 0.717) is 0 Å². The highest BCUT2D eigenvalue weighted by molar-refractivity contribution is 7.26. The zero-order chi connectivity index (χ0) is 34.6. The van der Waals surface area contributed by atoms with E-state index in [2.05, 4.69) is 168 Å². The Morgan fingerprint density at radius 3 is 1.98 bits per heavy atom. The minimum Gasteiger partial charge on any atom is -0.309 e. The van der Waals surface area contributed by atoms with Gasteiger partial charge >= 0.3 is 0 Å². The fraction of sp³-hybridized carbons (Fsp3) is 0. The number of nitrogens with zero attached hydrogens (tertiary/aromatic N) is 3. The minimum atomic E-state index is 0.735. The molecule has 0 aliphatic rings. The Hall–Kier alpha value is -6.40. The number of thiophene rings is 2. The number of para-hydroxylation sites is 2. The van der Waals surface area contributed by atoms with Gasteiger partial charge in [0.05, 0.1) is 22.2 Å². The molecule has 12 rings (SSSR count). The first-order valence-electron chi connectivity index (χ1n) is 17.8. The molecule has 0 bridgehead atoms. The van der Waals surface area contributed by atoms with Crippen LogP contribution >= 0.6 is 22.7 Å². The third kappa shape index (κ3) is 4.26. The molecule has 3 nitrogen and oxygen atoms in total. The summed E-state index contributed by atoms with van der Waals surface area (Å²) in [5, 5.41) is 11.1. The average molecular weight is 710 g/mol. The summed E-state index contributed by atoms with van der Waals surface area (Å²) >= 11 is 3.66. The highest BCUT2D eigenvalue weighted by Crippen LogP contribution is 2.44. The summed E-state index contributed by atoms with van der Waals surface area (Å²) in [7, 11) is 0. The Morgan fingerprint density at radius 1 is 0.434 bits per heavy atom. The number of rotatable bonds is 3. The molecule has 0 saturated carbocycles. The Balaban J connectivity index is 1.18. The third-order valence-electron chi connectivity index (χ3n) is 10.8. The topological polar surface area (TPSA) is 30.7 Å². The fourth-order valence-electron chi connectivity index (χ4n) is 8.41. The standard InChI is InChI=1S/C48H27N3S2/c1-2-12-31-28(11-1)21-23-41-45(31)35-16-4-8-18-40(35)51(41)30-26-37-33-14-6-10-20-43(33)53-47(37)38(27-30)48-49-39-17-7-3-15-34(39)46(50-48)29-22-24-44-36(25-29)32-13-5-9-19-42(32)52-44/h1-27H. The van der Waals surface area contributed by atoms with Crippen LogP contribution < -0.4 is 0 Å². The normalized spacial score (nSPS) is 12.2. The van der Waals surface area contributed by atoms with Crippen LogP contribution in [0.5, 0.6) is 0 Å². The maximum atomic E-state index is 5.51. The van der Waals surface area contributed by atoms with Crippen LogP contribution in [0.15, 0.2) is 164 Å². The van der Waals surface area contributed by atoms with Crippen molar-refractivity contribution in [2.24, 2.45) is 0 Å². The second-order valence-electron chi connectivity index (χ2n) is 13.7. The summed E-state index contributed by atoms with van der Waals surface area (Å²) in [6.07, 6.45) is 0. The quantitative estimate of drug-likeness (QED) is 0.183. The smallest absolute Gasteiger partial charge is 0.161 e. The maximum Gasteiger partial charge on any atom is 0.161 e. The summed E-state index contributed by atoms with van der Waals surface area (Å²) in [5.41, 5.74) is 7.49. The second-order valence-corrected chi connectivity index (χ2v) is 15.9. The van der Waals surface area contributed by atoms with Gasteiger partial charge in [-0.15, -0.1) is 22.7 Å². The molecule has 0 fully saturated rings. The lowest BCUT2D eigenvalue weighted by molar-refractivity contribution is 1.18. The molecule has 0 amide bonds. The number of aromatic nitrogens is 3. The zero-order valence-electron chi connectivity index (χ0n) is 28.2. The van der Waals surface area contributed by atoms with Crippen molar-refractivity contribution >= 4 is 106 Å². The van der Waals surface area contributed by atoms with Crippen LogP contribution in [0.2, 0.25) is 0 Å². The van der Waals surface area contributed by atoms with Crippen molar-refractivity contribution < 1.29 is 0 Å². The lowest BCUT2D eigenvalue weighted by Gasteiger charge is -2.14. The van der Waals surface area contributed by atoms with Crippen LogP contribution in [0.3, 0.4) is 0 Å². The molecule has 246 valence electrons. The Morgan fingerprint density at radius 2 is 1.11 bits per heavy atom. The van der Waals surface area contributed by atoms with Crippen molar-refractivity contribution in [3.05, 3.63) is 164 Å². The Labute approximate surface area is 311 Å². The first-order valence-corrected chi connectivity index (χ1v) is 19.5. The molecule has 0 spiro atoms. The molecule has 12 aromatic rings. The molecular weight excluding hydrogens is 683 g/mol. The highest BCUT2D eigenvalue weighted by atomic mass is 32.1. The van der Waals surface area contributed by atoms with Crippen molar-refractivity contribution in [3.63, 3.8) is 0 Å². The number of benzene rings is 8. The fourth-order valence-corrected chi connectivity index (χ4v) is 10.7. The molecule has 8 aromatic carbocycles. The van der Waals surface area contributed by atoms with Crippen LogP contribution in [-0.2, 0) is 0 Å². The van der Waals surface area contributed by atoms with E-state index in [-0.39, 0.29) is 0 Å². The first-order chi connectivity index (χ1) is 26.3. The average Bonchev–Trinajstić information content (AvgIpc) is 3.89. The zero-order valence-corrected chi connectivity index (χ0v) is 29.9. The molecule has 4 heterocycles. The van der Waals surface area contributed by atoms with E-state index in [9.17, 15) is 0 Å². The second kappa shape index (κ2) is 11.1. The molecule has 0 unspecified atom stereocenters. The molecule has 5 heteroatoms. The van der Waals surface area contributed by atoms with E-state index < -0.39 is 0 Å². The lowest BCUT2D eigenvalue weighted by atomic mass is 10.0. The van der Waals surface area contributed by atoms with E-state index in [1.807, 2.05) is 22.7 Å². The van der Waals surface area contributed by atoms with Gasteiger partial charge in [0.15, 0.2) is 5.82 Å². The predicted octanol–water partition coefficient (Wildman–Crippen LogP) is 13.9. The lowest BCUT2D eigenvalue weighted by Crippen LogP contribution is -1.98. The van der Waals surface area contributed by atoms with Crippen LogP contribution in [-0.4, -0.2) is 14.5 Å². The van der Waals surface area contributed by atoms with Gasteiger partial charge in [-0.3, -0.25) is 0 Å². The van der Waals surface area contributed by atoms with Crippen molar-refractivity contribution in [1.29, 1.82) is 0 Å². The summed E-state index contributed by atoms with van der Waals surface area (Å²) < 4.78 is 7.47. The molecule has 0 atom stereocenters. The van der Waals surface area contributed by atoms with Gasteiger partial charge in [0.25, 0.3) is 0 Å². The van der Waals surface area contributed by atoms with E-state index in [4.69, 9.17) is 9.97 Å². The minimum absolute atomic E-state index is 0.735. The number of hydrogen-bond acceptors (Lipinski definition) is 4. The van der Waals surface area contributed by atoms with Crippen molar-refractivity contribution in [1.82, 2.24) is 14.5 Å². The van der Waals surface area contributed by atoms with Crippen molar-refractivity contribution in [3.8, 4) is 28.3 Å². The molecule has 0 saturated heterocycles. The Bertz CT molecular complexity index is 3480. The SMILES string of the molecule is c1ccc2c(c1)ccc1c2c2ccccc2n1-c1cc(-c2nc(-c3ccc4sc5ccccc5c4c3)c3ccccc3n2)c2sc3ccccc3c2c1. The molecule has 0 radical (unpaired) electrons. The molecule has 0 aliphatic heterocycles. The van der Waals surface area contributed by atoms with Gasteiger partial charge in [0.2, 0.25) is 0 Å². The first kappa shape index (κ1) is 29.2. The van der Waals surface area contributed by atoms with E-state index >= 15 is 0 Å². The van der Waals surface area contributed by atoms with Crippen LogP contribution in [0.4, 0.5) is 0 Å². The van der Waals surface area contributed by atoms with E-state index in [1.54, 1.807) is 0 Å². The van der Waals surface area contributed by atoms with Gasteiger partial charge in [0.1, 0.15) is 0 Å². The monoisotopic (exact) mass is 709 g/mol. The van der Waals surface area contributed by atoms with E-state index in [1.165, 1.54) is 72.9 Å². The van der Waals surface area contributed by atoms with Crippen LogP contribution in [0.25, 0.3) is 112 Å². The van der Waals surface area contributed by atoms with E-state index in [0.717, 1.165) is 39.2 Å². The number of fused-ring (bicyclic) bond motifs is 12. The molecule has 4 aromatic heterocycles. The summed E-state index contributed by atoms with van der Waals surface area (Å²) in [6, 6.07) is 59.4. The van der Waals surface area contributed by atoms with Crippen molar-refractivity contribution in [2.45, 2.75) is 0 Å². The van der Waals surface area contributed by atoms with Gasteiger partial charge in [0, 0.05) is 73.3 Å². The van der Waals surface area contributed by atoms with Gasteiger partial charge < -0.3 is 4.57 Å². The largest absolute Gasteiger partial charge is 0.309 e. The molecule has 0 aliphatic carbocycles. The third-order valence-corrected chi connectivity index (χ3v) is 13.1. The maximum absolute atomic E-state index is 5.51. The van der Waals surface area contributed by atoms with Crippen molar-refractivity contribution in [2.75, 3.05) is 0 Å². The molecule has 53 heavy (non-hydrogen) atoms. The summed E-state index contributed by atoms with van der Waals surface area (Å²) in [5.74, 6) is 0.735. The van der Waals surface area contributed by atoms with Gasteiger partial charge in [-0.25, -0.2) is 9.97 Å². The van der Waals surface area contributed by atoms with Gasteiger partial charge in [-0.2, -0.15) is 0 Å². The summed E-state index contributed by atoms with van der Waals surface area (Å²) in [4.78, 5) is 10.8. The Kier molecular flexibility index (Phi) is 6.09. The molecule has 0 N–H and O–H groups in total. The van der Waals surface area contributed by atoms with Gasteiger partial charge in [-0.05, 0) is 65.4 Å². The summed E-state index contributed by atoms with van der Waals surface area (Å²) in [6.45, 7) is 0. The number of hydrogen-bond donors (Lipinski definition) is 0. The highest BCUT2D eigenvalue weighted by Gasteiger charge is 2.21.